The second-order valence-corrected chi connectivity index (χ2v) is 3.55. The van der Waals surface area contributed by atoms with E-state index >= 15 is 0 Å². The van der Waals surface area contributed by atoms with Crippen LogP contribution in [0.5, 0.6) is 0 Å². The molecule has 0 saturated heterocycles. The zero-order valence-corrected chi connectivity index (χ0v) is 9.92. The summed E-state index contributed by atoms with van der Waals surface area (Å²) < 4.78 is 115. The number of hydrogen-bond acceptors (Lipinski definition) is 2. The van der Waals surface area contributed by atoms with Crippen molar-refractivity contribution in [2.24, 2.45) is 0 Å². The molecule has 0 aromatic carbocycles. The van der Waals surface area contributed by atoms with Crippen LogP contribution in [0.4, 0.5) is 39.5 Å². The third kappa shape index (κ3) is 4.02. The number of carbonyl (C=O) groups excluding carboxylic acids is 1. The fraction of sp³-hybridized carbons (Fsp3) is 0.667. The summed E-state index contributed by atoms with van der Waals surface area (Å²) in [4.78, 5) is 11.1. The van der Waals surface area contributed by atoms with Gasteiger partial charge in [0, 0.05) is 6.54 Å². The van der Waals surface area contributed by atoms with Crippen LogP contribution in [0, 0.1) is 0 Å². The highest BCUT2D eigenvalue weighted by Crippen LogP contribution is 2.48. The van der Waals surface area contributed by atoms with Gasteiger partial charge in [-0.15, -0.1) is 6.58 Å². The van der Waals surface area contributed by atoms with Gasteiger partial charge in [-0.25, -0.2) is 4.39 Å². The lowest BCUT2D eigenvalue weighted by atomic mass is 10.0. The molecule has 3 nitrogen and oxygen atoms in total. The standard InChI is InChI=1S/C9H8F9NO2/c1-2-3-19-5(20)7(8(13,14)15,9(16,17)18)21-6(11,12)4-10/h2H,1,3-4H2,(H,19,20). The zero-order valence-electron chi connectivity index (χ0n) is 9.92. The average Bonchev–Trinajstić information content (AvgIpc) is 2.30. The quantitative estimate of drug-likeness (QED) is 0.600. The first-order valence-electron chi connectivity index (χ1n) is 4.92. The summed E-state index contributed by atoms with van der Waals surface area (Å²) in [5.41, 5.74) is -5.92. The van der Waals surface area contributed by atoms with E-state index in [1.807, 2.05) is 0 Å². The minimum absolute atomic E-state index is 0.697. The smallest absolute Gasteiger partial charge is 0.350 e. The maximum absolute atomic E-state index is 12.6. The third-order valence-electron chi connectivity index (χ3n) is 1.98. The monoisotopic (exact) mass is 333 g/mol. The molecule has 0 atom stereocenters. The summed E-state index contributed by atoms with van der Waals surface area (Å²) in [6.07, 6.45) is -18.0. The van der Waals surface area contributed by atoms with Crippen LogP contribution in [-0.2, 0) is 9.53 Å². The molecule has 0 spiro atoms. The molecule has 0 aromatic heterocycles. The molecule has 1 N–H and O–H groups in total. The molecule has 21 heavy (non-hydrogen) atoms. The van der Waals surface area contributed by atoms with Gasteiger partial charge in [-0.05, 0) is 0 Å². The van der Waals surface area contributed by atoms with Gasteiger partial charge < -0.3 is 5.32 Å². The zero-order chi connectivity index (χ0) is 17.1. The lowest BCUT2D eigenvalue weighted by molar-refractivity contribution is -0.422. The van der Waals surface area contributed by atoms with Crippen LogP contribution in [0.2, 0.25) is 0 Å². The van der Waals surface area contributed by atoms with E-state index in [4.69, 9.17) is 0 Å². The first-order valence-corrected chi connectivity index (χ1v) is 4.92. The Morgan fingerprint density at radius 1 is 1.05 bits per heavy atom. The van der Waals surface area contributed by atoms with Crippen molar-refractivity contribution in [1.29, 1.82) is 0 Å². The van der Waals surface area contributed by atoms with Gasteiger partial charge in [0.2, 0.25) is 0 Å². The van der Waals surface area contributed by atoms with Crippen LogP contribution in [0.25, 0.3) is 0 Å². The van der Waals surface area contributed by atoms with Gasteiger partial charge in [0.05, 0.1) is 0 Å². The number of alkyl halides is 9. The molecule has 0 unspecified atom stereocenters. The first kappa shape index (κ1) is 19.5. The lowest BCUT2D eigenvalue weighted by Crippen LogP contribution is -2.69. The summed E-state index contributed by atoms with van der Waals surface area (Å²) in [6, 6.07) is 0. The molecule has 0 aliphatic carbocycles. The maximum atomic E-state index is 12.6. The maximum Gasteiger partial charge on any atom is 0.436 e. The number of ether oxygens (including phenoxy) is 1. The SMILES string of the molecule is C=CCNC(=O)C(OC(F)(F)CF)(C(F)(F)F)C(F)(F)F. The minimum atomic E-state index is -6.62. The first-order chi connectivity index (χ1) is 9.25. The molecule has 0 saturated carbocycles. The average molecular weight is 333 g/mol. The molecule has 124 valence electrons. The normalized spacial score (nSPS) is 14.0. The molecule has 0 fully saturated rings. The summed E-state index contributed by atoms with van der Waals surface area (Å²) in [5, 5.41) is 1.06. The summed E-state index contributed by atoms with van der Waals surface area (Å²) in [5.74, 6) is -2.96. The largest absolute Gasteiger partial charge is 0.436 e. The van der Waals surface area contributed by atoms with Crippen LogP contribution < -0.4 is 5.32 Å². The van der Waals surface area contributed by atoms with Crippen LogP contribution in [0.15, 0.2) is 12.7 Å². The molecule has 0 aliphatic heterocycles. The molecule has 0 aliphatic rings. The van der Waals surface area contributed by atoms with Crippen molar-refractivity contribution >= 4 is 5.91 Å². The Balaban J connectivity index is 6.03. The highest BCUT2D eigenvalue weighted by molar-refractivity contribution is 5.87. The van der Waals surface area contributed by atoms with Gasteiger partial charge >= 0.3 is 24.1 Å². The number of rotatable bonds is 6. The predicted molar refractivity (Wildman–Crippen MR) is 50.1 cm³/mol. The molecule has 0 radical (unpaired) electrons. The Morgan fingerprint density at radius 2 is 1.48 bits per heavy atom. The van der Waals surface area contributed by atoms with Crippen LogP contribution in [-0.4, -0.2) is 43.2 Å². The van der Waals surface area contributed by atoms with Crippen molar-refractivity contribution < 1.29 is 49.0 Å². The number of carbonyl (C=O) groups is 1. The second kappa shape index (κ2) is 6.12. The molecular weight excluding hydrogens is 325 g/mol. The Kier molecular flexibility index (Phi) is 5.69. The highest BCUT2D eigenvalue weighted by Gasteiger charge is 2.79. The van der Waals surface area contributed by atoms with Gasteiger partial charge in [-0.2, -0.15) is 35.1 Å². The molecule has 0 rings (SSSR count). The second-order valence-electron chi connectivity index (χ2n) is 3.55. The lowest BCUT2D eigenvalue weighted by Gasteiger charge is -2.37. The molecule has 0 bridgehead atoms. The van der Waals surface area contributed by atoms with Gasteiger partial charge in [0.1, 0.15) is 0 Å². The summed E-state index contributed by atoms with van der Waals surface area (Å²) >= 11 is 0. The van der Waals surface area contributed by atoms with Gasteiger partial charge in [0.25, 0.3) is 5.91 Å². The number of hydrogen-bond donors (Lipinski definition) is 1. The van der Waals surface area contributed by atoms with Crippen molar-refractivity contribution in [2.45, 2.75) is 24.1 Å². The van der Waals surface area contributed by atoms with E-state index in [1.54, 1.807) is 0 Å². The molecule has 0 heterocycles. The molecule has 12 heteroatoms. The van der Waals surface area contributed by atoms with Crippen molar-refractivity contribution in [2.75, 3.05) is 13.2 Å². The van der Waals surface area contributed by atoms with Crippen molar-refractivity contribution in [1.82, 2.24) is 5.32 Å². The van der Waals surface area contributed by atoms with E-state index in [-0.39, 0.29) is 0 Å². The van der Waals surface area contributed by atoms with Crippen LogP contribution >= 0.6 is 0 Å². The molecule has 1 amide bonds. The van der Waals surface area contributed by atoms with Gasteiger partial charge in [-0.1, -0.05) is 6.08 Å². The molecule has 0 aromatic rings. The van der Waals surface area contributed by atoms with Crippen LogP contribution in [0.1, 0.15) is 0 Å². The van der Waals surface area contributed by atoms with E-state index in [1.165, 1.54) is 0 Å². The van der Waals surface area contributed by atoms with E-state index in [0.29, 0.717) is 6.08 Å². The van der Waals surface area contributed by atoms with Crippen molar-refractivity contribution in [3.05, 3.63) is 12.7 Å². The Morgan fingerprint density at radius 3 is 1.76 bits per heavy atom. The topological polar surface area (TPSA) is 38.3 Å². The number of halogens is 9. The van der Waals surface area contributed by atoms with Gasteiger partial charge in [0.15, 0.2) is 6.67 Å². The van der Waals surface area contributed by atoms with Crippen molar-refractivity contribution in [3.63, 3.8) is 0 Å². The Bertz CT molecular complexity index is 374. The van der Waals surface area contributed by atoms with Crippen molar-refractivity contribution in [3.8, 4) is 0 Å². The Labute approximate surface area is 111 Å². The fourth-order valence-electron chi connectivity index (χ4n) is 1.12. The van der Waals surface area contributed by atoms with E-state index in [2.05, 4.69) is 11.3 Å². The Hall–Kier alpha value is -1.46. The summed E-state index contributed by atoms with van der Waals surface area (Å²) in [6.45, 7) is -0.978. The minimum Gasteiger partial charge on any atom is -0.350 e. The van der Waals surface area contributed by atoms with Crippen LogP contribution in [0.3, 0.4) is 0 Å². The van der Waals surface area contributed by atoms with E-state index in [0.717, 1.165) is 5.32 Å². The predicted octanol–water partition coefficient (Wildman–Crippen LogP) is 2.73. The third-order valence-corrected chi connectivity index (χ3v) is 1.98. The number of amides is 1. The summed E-state index contributed by atoms with van der Waals surface area (Å²) in [7, 11) is 0. The van der Waals surface area contributed by atoms with E-state index < -0.39 is 43.2 Å². The van der Waals surface area contributed by atoms with E-state index in [9.17, 15) is 44.3 Å². The highest BCUT2D eigenvalue weighted by atomic mass is 19.4. The fourth-order valence-corrected chi connectivity index (χ4v) is 1.12. The number of nitrogens with one attached hydrogen (secondary N) is 1. The molecular formula is C9H8F9NO2. The van der Waals surface area contributed by atoms with Gasteiger partial charge in [-0.3, -0.25) is 9.53 Å².